The lowest BCUT2D eigenvalue weighted by Crippen LogP contribution is -2.25. The molecule has 3 rings (SSSR count). The van der Waals surface area contributed by atoms with Crippen LogP contribution in [-0.4, -0.2) is 25.4 Å². The highest BCUT2D eigenvalue weighted by molar-refractivity contribution is 5.96. The molecule has 1 aliphatic rings. The van der Waals surface area contributed by atoms with Gasteiger partial charge in [0.05, 0.1) is 0 Å². The first-order chi connectivity index (χ1) is 11.2. The molecule has 0 bridgehead atoms. The van der Waals surface area contributed by atoms with E-state index in [9.17, 15) is 9.59 Å². The normalized spacial score (nSPS) is 17.3. The molecule has 1 N–H and O–H groups in total. The summed E-state index contributed by atoms with van der Waals surface area (Å²) in [6.45, 7) is 0.699. The number of carbonyl (C=O) groups excluding carboxylic acids is 2. The van der Waals surface area contributed by atoms with Gasteiger partial charge in [0.1, 0.15) is 0 Å². The standard InChI is InChI=1S/C19H20N2O2/c1-20-19(23)17-10-6-5-7-15(17)11-14-12-18(22)21(13-14)16-8-3-2-4-9-16/h2-10,14H,11-13H2,1H3,(H,20,23). The molecular formula is C19H20N2O2. The third kappa shape index (κ3) is 3.26. The lowest BCUT2D eigenvalue weighted by molar-refractivity contribution is -0.117. The summed E-state index contributed by atoms with van der Waals surface area (Å²) in [5, 5.41) is 2.67. The van der Waals surface area contributed by atoms with Gasteiger partial charge in [0.2, 0.25) is 5.91 Å². The van der Waals surface area contributed by atoms with Gasteiger partial charge in [-0.3, -0.25) is 9.59 Å². The van der Waals surface area contributed by atoms with Crippen molar-refractivity contribution >= 4 is 17.5 Å². The molecule has 0 aromatic heterocycles. The molecule has 2 aromatic rings. The van der Waals surface area contributed by atoms with E-state index in [2.05, 4.69) is 5.32 Å². The van der Waals surface area contributed by atoms with E-state index in [4.69, 9.17) is 0 Å². The number of amides is 2. The first kappa shape index (κ1) is 15.3. The zero-order valence-electron chi connectivity index (χ0n) is 13.2. The quantitative estimate of drug-likeness (QED) is 0.944. The van der Waals surface area contributed by atoms with Gasteiger partial charge >= 0.3 is 0 Å². The van der Waals surface area contributed by atoms with Crippen LogP contribution in [0.5, 0.6) is 0 Å². The third-order valence-electron chi connectivity index (χ3n) is 4.27. The Morgan fingerprint density at radius 1 is 1.13 bits per heavy atom. The van der Waals surface area contributed by atoms with Crippen molar-refractivity contribution in [3.63, 3.8) is 0 Å². The first-order valence-corrected chi connectivity index (χ1v) is 7.84. The summed E-state index contributed by atoms with van der Waals surface area (Å²) < 4.78 is 0. The van der Waals surface area contributed by atoms with E-state index in [-0.39, 0.29) is 17.7 Å². The molecule has 2 amide bonds. The fourth-order valence-corrected chi connectivity index (χ4v) is 3.14. The average molecular weight is 308 g/mol. The number of carbonyl (C=O) groups is 2. The summed E-state index contributed by atoms with van der Waals surface area (Å²) in [7, 11) is 1.63. The van der Waals surface area contributed by atoms with Gasteiger partial charge in [-0.1, -0.05) is 36.4 Å². The third-order valence-corrected chi connectivity index (χ3v) is 4.27. The number of hydrogen-bond acceptors (Lipinski definition) is 2. The van der Waals surface area contributed by atoms with Gasteiger partial charge in [-0.15, -0.1) is 0 Å². The van der Waals surface area contributed by atoms with Crippen molar-refractivity contribution in [2.75, 3.05) is 18.5 Å². The number of hydrogen-bond donors (Lipinski definition) is 1. The molecule has 0 radical (unpaired) electrons. The van der Waals surface area contributed by atoms with Crippen molar-refractivity contribution in [1.82, 2.24) is 5.32 Å². The zero-order chi connectivity index (χ0) is 16.2. The monoisotopic (exact) mass is 308 g/mol. The van der Waals surface area contributed by atoms with Crippen LogP contribution in [0.25, 0.3) is 0 Å². The second-order valence-electron chi connectivity index (χ2n) is 5.85. The first-order valence-electron chi connectivity index (χ1n) is 7.84. The van der Waals surface area contributed by atoms with E-state index in [0.29, 0.717) is 18.5 Å². The van der Waals surface area contributed by atoms with Crippen molar-refractivity contribution in [2.24, 2.45) is 5.92 Å². The van der Waals surface area contributed by atoms with Crippen molar-refractivity contribution in [2.45, 2.75) is 12.8 Å². The Balaban J connectivity index is 1.76. The molecule has 4 nitrogen and oxygen atoms in total. The summed E-state index contributed by atoms with van der Waals surface area (Å²) in [6.07, 6.45) is 1.26. The predicted molar refractivity (Wildman–Crippen MR) is 90.4 cm³/mol. The Morgan fingerprint density at radius 2 is 1.83 bits per heavy atom. The number of rotatable bonds is 4. The Kier molecular flexibility index (Phi) is 4.42. The summed E-state index contributed by atoms with van der Waals surface area (Å²) in [5.74, 6) is 0.303. The van der Waals surface area contributed by atoms with Gasteiger partial charge in [0, 0.05) is 31.3 Å². The second-order valence-corrected chi connectivity index (χ2v) is 5.85. The fourth-order valence-electron chi connectivity index (χ4n) is 3.14. The fraction of sp³-hybridized carbons (Fsp3) is 0.263. The molecule has 1 heterocycles. The van der Waals surface area contributed by atoms with Gasteiger partial charge in [-0.2, -0.15) is 0 Å². The molecule has 2 aromatic carbocycles. The maximum Gasteiger partial charge on any atom is 0.251 e. The molecule has 1 fully saturated rings. The summed E-state index contributed by atoms with van der Waals surface area (Å²) >= 11 is 0. The van der Waals surface area contributed by atoms with E-state index in [1.165, 1.54) is 0 Å². The highest BCUT2D eigenvalue weighted by Gasteiger charge is 2.31. The number of nitrogens with zero attached hydrogens (tertiary/aromatic N) is 1. The number of anilines is 1. The average Bonchev–Trinajstić information content (AvgIpc) is 2.96. The molecule has 0 saturated carbocycles. The van der Waals surface area contributed by atoms with E-state index in [1.807, 2.05) is 59.5 Å². The maximum atomic E-state index is 12.3. The van der Waals surface area contributed by atoms with Crippen LogP contribution in [0.15, 0.2) is 54.6 Å². The van der Waals surface area contributed by atoms with Gasteiger partial charge in [-0.25, -0.2) is 0 Å². The van der Waals surface area contributed by atoms with E-state index in [0.717, 1.165) is 17.7 Å². The van der Waals surface area contributed by atoms with E-state index < -0.39 is 0 Å². The Bertz CT molecular complexity index is 712. The Morgan fingerprint density at radius 3 is 2.57 bits per heavy atom. The molecule has 1 unspecified atom stereocenters. The molecule has 4 heteroatoms. The Labute approximate surface area is 136 Å². The molecule has 118 valence electrons. The molecule has 0 spiro atoms. The lowest BCUT2D eigenvalue weighted by atomic mass is 9.94. The second kappa shape index (κ2) is 6.65. The molecule has 0 aliphatic carbocycles. The van der Waals surface area contributed by atoms with Crippen LogP contribution in [0.2, 0.25) is 0 Å². The highest BCUT2D eigenvalue weighted by atomic mass is 16.2. The van der Waals surface area contributed by atoms with Crippen LogP contribution in [0.1, 0.15) is 22.3 Å². The van der Waals surface area contributed by atoms with Crippen LogP contribution in [0.4, 0.5) is 5.69 Å². The van der Waals surface area contributed by atoms with Gasteiger partial charge < -0.3 is 10.2 Å². The maximum absolute atomic E-state index is 12.3. The van der Waals surface area contributed by atoms with Crippen LogP contribution in [0.3, 0.4) is 0 Å². The zero-order valence-corrected chi connectivity index (χ0v) is 13.2. The number of para-hydroxylation sites is 1. The summed E-state index contributed by atoms with van der Waals surface area (Å²) in [5.41, 5.74) is 2.64. The Hall–Kier alpha value is -2.62. The summed E-state index contributed by atoms with van der Waals surface area (Å²) in [4.78, 5) is 26.1. The minimum atomic E-state index is -0.0789. The van der Waals surface area contributed by atoms with Crippen LogP contribution < -0.4 is 10.2 Å². The molecule has 23 heavy (non-hydrogen) atoms. The van der Waals surface area contributed by atoms with Crippen molar-refractivity contribution < 1.29 is 9.59 Å². The number of benzene rings is 2. The number of nitrogens with one attached hydrogen (secondary N) is 1. The minimum absolute atomic E-state index is 0.0789. The molecule has 1 atom stereocenters. The van der Waals surface area contributed by atoms with Crippen molar-refractivity contribution in [3.8, 4) is 0 Å². The SMILES string of the molecule is CNC(=O)c1ccccc1CC1CC(=O)N(c2ccccc2)C1. The van der Waals surface area contributed by atoms with Crippen LogP contribution in [0, 0.1) is 5.92 Å². The van der Waals surface area contributed by atoms with Crippen molar-refractivity contribution in [1.29, 1.82) is 0 Å². The smallest absolute Gasteiger partial charge is 0.251 e. The van der Waals surface area contributed by atoms with Gasteiger partial charge in [0.25, 0.3) is 5.91 Å². The van der Waals surface area contributed by atoms with Crippen LogP contribution in [-0.2, 0) is 11.2 Å². The van der Waals surface area contributed by atoms with Gasteiger partial charge in [0.15, 0.2) is 0 Å². The molecule has 1 saturated heterocycles. The lowest BCUT2D eigenvalue weighted by Gasteiger charge is -2.17. The topological polar surface area (TPSA) is 49.4 Å². The molecular weight excluding hydrogens is 288 g/mol. The van der Waals surface area contributed by atoms with Crippen molar-refractivity contribution in [3.05, 3.63) is 65.7 Å². The largest absolute Gasteiger partial charge is 0.355 e. The molecule has 1 aliphatic heterocycles. The van der Waals surface area contributed by atoms with Gasteiger partial charge in [-0.05, 0) is 36.1 Å². The minimum Gasteiger partial charge on any atom is -0.355 e. The van der Waals surface area contributed by atoms with E-state index in [1.54, 1.807) is 7.05 Å². The predicted octanol–water partition coefficient (Wildman–Crippen LogP) is 2.64. The van der Waals surface area contributed by atoms with E-state index >= 15 is 0 Å². The van der Waals surface area contributed by atoms with Crippen LogP contribution >= 0.6 is 0 Å². The highest BCUT2D eigenvalue weighted by Crippen LogP contribution is 2.28. The summed E-state index contributed by atoms with van der Waals surface area (Å²) in [6, 6.07) is 17.4.